The Balaban J connectivity index is 3.51. The molecule has 1 atom stereocenters. The Morgan fingerprint density at radius 3 is 2.08 bits per heavy atom. The molecule has 0 spiro atoms. The molecule has 0 radical (unpaired) electrons. The van der Waals surface area contributed by atoms with Crippen molar-refractivity contribution in [1.82, 2.24) is 5.32 Å². The van der Waals surface area contributed by atoms with Gasteiger partial charge in [-0.15, -0.1) is 0 Å². The largest absolute Gasteiger partial charge is 0.316 e. The Morgan fingerprint density at radius 2 is 1.69 bits per heavy atom. The minimum absolute atomic E-state index is 0.704. The number of hydrogen-bond donors (Lipinski definition) is 1. The van der Waals surface area contributed by atoms with E-state index in [0.29, 0.717) is 6.04 Å². The van der Waals surface area contributed by atoms with Crippen molar-refractivity contribution >= 4 is 11.8 Å². The van der Waals surface area contributed by atoms with Crippen molar-refractivity contribution < 1.29 is 0 Å². The molecule has 0 bridgehead atoms. The van der Waals surface area contributed by atoms with Gasteiger partial charge in [0.05, 0.1) is 0 Å². The van der Waals surface area contributed by atoms with Crippen LogP contribution in [0.1, 0.15) is 40.5 Å². The molecule has 0 fully saturated rings. The van der Waals surface area contributed by atoms with Gasteiger partial charge in [0, 0.05) is 11.8 Å². The van der Waals surface area contributed by atoms with Gasteiger partial charge in [0.15, 0.2) is 0 Å². The number of hydrogen-bond acceptors (Lipinski definition) is 2. The first-order valence-corrected chi connectivity index (χ1v) is 6.40. The third-order valence-electron chi connectivity index (χ3n) is 2.13. The van der Waals surface area contributed by atoms with Crippen LogP contribution in [0.5, 0.6) is 0 Å². The fourth-order valence-corrected chi connectivity index (χ4v) is 2.10. The van der Waals surface area contributed by atoms with E-state index in [-0.39, 0.29) is 0 Å². The van der Waals surface area contributed by atoms with Gasteiger partial charge in [0.25, 0.3) is 0 Å². The van der Waals surface area contributed by atoms with E-state index in [9.17, 15) is 0 Å². The molecule has 0 amide bonds. The van der Waals surface area contributed by atoms with Crippen LogP contribution in [0.3, 0.4) is 0 Å². The Morgan fingerprint density at radius 1 is 1.08 bits per heavy atom. The smallest absolute Gasteiger partial charge is 0.0155 e. The normalized spacial score (nSPS) is 14.1. The van der Waals surface area contributed by atoms with E-state index in [1.54, 1.807) is 0 Å². The van der Waals surface area contributed by atoms with Gasteiger partial charge >= 0.3 is 0 Å². The number of thioether (sulfide) groups is 1. The minimum Gasteiger partial charge on any atom is -0.316 e. The van der Waals surface area contributed by atoms with Crippen LogP contribution in [0.25, 0.3) is 0 Å². The molecular weight excluding hydrogens is 178 g/mol. The highest BCUT2D eigenvalue weighted by Gasteiger charge is 2.07. The molecule has 2 heteroatoms. The summed E-state index contributed by atoms with van der Waals surface area (Å²) in [6.07, 6.45) is 2.65. The molecule has 80 valence electrons. The van der Waals surface area contributed by atoms with Gasteiger partial charge < -0.3 is 5.32 Å². The lowest BCUT2D eigenvalue weighted by Gasteiger charge is -2.17. The first-order valence-electron chi connectivity index (χ1n) is 5.35. The summed E-state index contributed by atoms with van der Waals surface area (Å²) in [7, 11) is 2.08. The van der Waals surface area contributed by atoms with Gasteiger partial charge in [-0.3, -0.25) is 0 Å². The van der Waals surface area contributed by atoms with E-state index in [1.165, 1.54) is 18.6 Å². The summed E-state index contributed by atoms with van der Waals surface area (Å²) in [6, 6.07) is 0.704. The molecule has 0 aliphatic heterocycles. The van der Waals surface area contributed by atoms with Crippen molar-refractivity contribution in [2.75, 3.05) is 12.8 Å². The molecular formula is C11H25NS. The van der Waals surface area contributed by atoms with E-state index in [0.717, 1.165) is 11.2 Å². The summed E-state index contributed by atoms with van der Waals surface area (Å²) in [6.45, 7) is 9.12. The third kappa shape index (κ3) is 8.63. The van der Waals surface area contributed by atoms with Crippen molar-refractivity contribution in [3.05, 3.63) is 0 Å². The van der Waals surface area contributed by atoms with Crippen molar-refractivity contribution in [3.63, 3.8) is 0 Å². The second kappa shape index (κ2) is 7.69. The summed E-state index contributed by atoms with van der Waals surface area (Å²) in [4.78, 5) is 0. The molecule has 1 N–H and O–H groups in total. The quantitative estimate of drug-likeness (QED) is 0.682. The van der Waals surface area contributed by atoms with Crippen LogP contribution < -0.4 is 5.32 Å². The molecule has 1 unspecified atom stereocenters. The fourth-order valence-electron chi connectivity index (χ4n) is 1.15. The predicted molar refractivity (Wildman–Crippen MR) is 64.5 cm³/mol. The summed E-state index contributed by atoms with van der Waals surface area (Å²) < 4.78 is 0. The molecule has 0 aromatic heterocycles. The van der Waals surface area contributed by atoms with Crippen LogP contribution in [0.15, 0.2) is 0 Å². The lowest BCUT2D eigenvalue weighted by Crippen LogP contribution is -2.28. The Labute approximate surface area is 88.1 Å². The lowest BCUT2D eigenvalue weighted by molar-refractivity contribution is 0.479. The average molecular weight is 203 g/mol. The van der Waals surface area contributed by atoms with E-state index < -0.39 is 0 Å². The van der Waals surface area contributed by atoms with Gasteiger partial charge in [-0.05, 0) is 31.1 Å². The highest BCUT2D eigenvalue weighted by molar-refractivity contribution is 7.99. The zero-order chi connectivity index (χ0) is 10.3. The van der Waals surface area contributed by atoms with E-state index in [1.807, 2.05) is 0 Å². The van der Waals surface area contributed by atoms with Crippen LogP contribution in [0.4, 0.5) is 0 Å². The SMILES string of the molecule is CNC(CCC(C)C)CSC(C)C. The summed E-state index contributed by atoms with van der Waals surface area (Å²) in [5, 5.41) is 4.15. The molecule has 0 aromatic rings. The van der Waals surface area contributed by atoms with Crippen LogP contribution in [-0.4, -0.2) is 24.1 Å². The van der Waals surface area contributed by atoms with Crippen molar-refractivity contribution in [2.24, 2.45) is 5.92 Å². The maximum absolute atomic E-state index is 3.39. The van der Waals surface area contributed by atoms with Crippen LogP contribution in [-0.2, 0) is 0 Å². The molecule has 1 nitrogen and oxygen atoms in total. The lowest BCUT2D eigenvalue weighted by atomic mass is 10.0. The molecule has 0 saturated heterocycles. The van der Waals surface area contributed by atoms with Crippen molar-refractivity contribution in [3.8, 4) is 0 Å². The van der Waals surface area contributed by atoms with Crippen LogP contribution in [0, 0.1) is 5.92 Å². The Kier molecular flexibility index (Phi) is 7.87. The molecule has 0 aliphatic carbocycles. The third-order valence-corrected chi connectivity index (χ3v) is 3.39. The molecule has 0 aromatic carbocycles. The summed E-state index contributed by atoms with van der Waals surface area (Å²) in [5.74, 6) is 2.08. The van der Waals surface area contributed by atoms with Crippen molar-refractivity contribution in [1.29, 1.82) is 0 Å². The van der Waals surface area contributed by atoms with Gasteiger partial charge in [-0.25, -0.2) is 0 Å². The highest BCUT2D eigenvalue weighted by atomic mass is 32.2. The molecule has 0 rings (SSSR count). The molecule has 0 saturated carbocycles. The predicted octanol–water partition coefficient (Wildman–Crippen LogP) is 3.15. The number of rotatable bonds is 7. The first-order chi connectivity index (χ1) is 6.06. The van der Waals surface area contributed by atoms with Gasteiger partial charge in [0.2, 0.25) is 0 Å². The van der Waals surface area contributed by atoms with Crippen LogP contribution in [0.2, 0.25) is 0 Å². The molecule has 13 heavy (non-hydrogen) atoms. The number of nitrogens with one attached hydrogen (secondary N) is 1. The second-order valence-corrected chi connectivity index (χ2v) is 5.95. The Bertz CT molecular complexity index is 101. The monoisotopic (exact) mass is 203 g/mol. The van der Waals surface area contributed by atoms with Gasteiger partial charge in [-0.1, -0.05) is 27.7 Å². The highest BCUT2D eigenvalue weighted by Crippen LogP contribution is 2.14. The van der Waals surface area contributed by atoms with Gasteiger partial charge in [0.1, 0.15) is 0 Å². The first kappa shape index (κ1) is 13.3. The maximum atomic E-state index is 3.39. The van der Waals surface area contributed by atoms with E-state index in [2.05, 4.69) is 51.8 Å². The fraction of sp³-hybridized carbons (Fsp3) is 1.00. The Hall–Kier alpha value is 0.310. The summed E-state index contributed by atoms with van der Waals surface area (Å²) in [5.41, 5.74) is 0. The standard InChI is InChI=1S/C11H25NS/c1-9(2)6-7-11(12-5)8-13-10(3)4/h9-12H,6-8H2,1-5H3. The maximum Gasteiger partial charge on any atom is 0.0155 e. The molecule has 0 heterocycles. The van der Waals surface area contributed by atoms with Crippen LogP contribution >= 0.6 is 11.8 Å². The van der Waals surface area contributed by atoms with E-state index in [4.69, 9.17) is 0 Å². The van der Waals surface area contributed by atoms with Crippen molar-refractivity contribution in [2.45, 2.75) is 51.8 Å². The second-order valence-electron chi connectivity index (χ2n) is 4.34. The van der Waals surface area contributed by atoms with E-state index >= 15 is 0 Å². The average Bonchev–Trinajstić information content (AvgIpc) is 2.04. The van der Waals surface area contributed by atoms with Gasteiger partial charge in [-0.2, -0.15) is 11.8 Å². The topological polar surface area (TPSA) is 12.0 Å². The zero-order valence-corrected chi connectivity index (χ0v) is 10.6. The summed E-state index contributed by atoms with van der Waals surface area (Å²) >= 11 is 2.05. The zero-order valence-electron chi connectivity index (χ0n) is 9.76. The molecule has 0 aliphatic rings. The minimum atomic E-state index is 0.704.